The third kappa shape index (κ3) is 3.96. The topological polar surface area (TPSA) is 55.2 Å². The number of rotatable bonds is 5. The van der Waals surface area contributed by atoms with Crippen molar-refractivity contribution < 1.29 is 0 Å². The minimum absolute atomic E-state index is 0.579. The maximum atomic E-state index is 8.13. The summed E-state index contributed by atoms with van der Waals surface area (Å²) in [6.07, 6.45) is 1.29. The van der Waals surface area contributed by atoms with Crippen LogP contribution in [0.15, 0.2) is 5.11 Å². The van der Waals surface area contributed by atoms with E-state index in [0.717, 1.165) is 19.0 Å². The van der Waals surface area contributed by atoms with Crippen molar-refractivity contribution in [1.29, 1.82) is 0 Å². The van der Waals surface area contributed by atoms with E-state index in [1.54, 1.807) is 0 Å². The largest absolute Gasteiger partial charge is 0.306 e. The predicted molar refractivity (Wildman–Crippen MR) is 57.1 cm³/mol. The molecule has 0 bridgehead atoms. The number of hydrogen-bond donors (Lipinski definition) is 0. The zero-order chi connectivity index (χ0) is 10.4. The second-order valence-electron chi connectivity index (χ2n) is 4.13. The summed E-state index contributed by atoms with van der Waals surface area (Å²) in [4.78, 5) is 7.36. The van der Waals surface area contributed by atoms with Crippen molar-refractivity contribution in [2.45, 2.75) is 6.42 Å². The van der Waals surface area contributed by atoms with Gasteiger partial charge >= 0.3 is 0 Å². The van der Waals surface area contributed by atoms with Crippen LogP contribution in [0.2, 0.25) is 0 Å². The van der Waals surface area contributed by atoms with Gasteiger partial charge in [0.05, 0.1) is 0 Å². The first-order valence-corrected chi connectivity index (χ1v) is 5.10. The summed E-state index contributed by atoms with van der Waals surface area (Å²) >= 11 is 0. The lowest BCUT2D eigenvalue weighted by molar-refractivity contribution is 0.279. The van der Waals surface area contributed by atoms with Crippen molar-refractivity contribution in [2.75, 3.05) is 46.8 Å². The molecule has 0 aromatic rings. The van der Waals surface area contributed by atoms with Crippen LogP contribution in [0.5, 0.6) is 0 Å². The summed E-state index contributed by atoms with van der Waals surface area (Å²) < 4.78 is 0. The smallest absolute Gasteiger partial charge is 0.0385 e. The van der Waals surface area contributed by atoms with E-state index in [1.807, 2.05) is 0 Å². The number of nitrogens with zero attached hydrogens (tertiary/aromatic N) is 5. The quantitative estimate of drug-likeness (QED) is 0.377. The summed E-state index contributed by atoms with van der Waals surface area (Å²) in [5.41, 5.74) is 8.13. The number of likely N-dealkylation sites (tertiary alicyclic amines) is 1. The lowest BCUT2D eigenvalue weighted by Gasteiger charge is -2.19. The molecule has 0 N–H and O–H groups in total. The molecule has 0 saturated carbocycles. The Labute approximate surface area is 85.3 Å². The molecule has 0 spiro atoms. The monoisotopic (exact) mass is 197 g/mol. The van der Waals surface area contributed by atoms with Crippen molar-refractivity contribution in [2.24, 2.45) is 11.0 Å². The van der Waals surface area contributed by atoms with E-state index in [0.29, 0.717) is 6.54 Å². The van der Waals surface area contributed by atoms with Gasteiger partial charge in [0.15, 0.2) is 0 Å². The Bertz CT molecular complexity index is 211. The molecule has 0 amide bonds. The third-order valence-electron chi connectivity index (χ3n) is 2.70. The molecule has 1 atom stereocenters. The zero-order valence-electron chi connectivity index (χ0n) is 9.06. The van der Waals surface area contributed by atoms with Crippen LogP contribution < -0.4 is 0 Å². The SMILES string of the molecule is CN(CCN=[N+]=[N-])CC1CCN(C)C1. The Morgan fingerprint density at radius 3 is 3.00 bits per heavy atom. The maximum Gasteiger partial charge on any atom is 0.0385 e. The normalized spacial score (nSPS) is 22.6. The highest BCUT2D eigenvalue weighted by molar-refractivity contribution is 4.75. The standard InChI is InChI=1S/C9H19N5/c1-13-5-3-9(7-13)8-14(2)6-4-11-12-10/h9H,3-8H2,1-2H3. The molecule has 5 heteroatoms. The molecule has 1 saturated heterocycles. The van der Waals surface area contributed by atoms with E-state index < -0.39 is 0 Å². The average molecular weight is 197 g/mol. The highest BCUT2D eigenvalue weighted by Crippen LogP contribution is 2.14. The van der Waals surface area contributed by atoms with E-state index in [9.17, 15) is 0 Å². The Kier molecular flexibility index (Phi) is 4.73. The second kappa shape index (κ2) is 5.86. The van der Waals surface area contributed by atoms with E-state index >= 15 is 0 Å². The van der Waals surface area contributed by atoms with Crippen LogP contribution >= 0.6 is 0 Å². The Balaban J connectivity index is 2.13. The van der Waals surface area contributed by atoms with Gasteiger partial charge in [0, 0.05) is 31.1 Å². The summed E-state index contributed by atoms with van der Waals surface area (Å²) in [7, 11) is 4.26. The predicted octanol–water partition coefficient (Wildman–Crippen LogP) is 1.18. The molecule has 5 nitrogen and oxygen atoms in total. The van der Waals surface area contributed by atoms with Crippen LogP contribution in [0.3, 0.4) is 0 Å². The Morgan fingerprint density at radius 1 is 1.64 bits per heavy atom. The van der Waals surface area contributed by atoms with E-state index in [2.05, 4.69) is 33.9 Å². The zero-order valence-corrected chi connectivity index (χ0v) is 9.06. The van der Waals surface area contributed by atoms with Gasteiger partial charge in [-0.2, -0.15) is 0 Å². The average Bonchev–Trinajstić information content (AvgIpc) is 2.52. The van der Waals surface area contributed by atoms with Gasteiger partial charge in [-0.3, -0.25) is 0 Å². The van der Waals surface area contributed by atoms with Crippen molar-refractivity contribution in [3.63, 3.8) is 0 Å². The fourth-order valence-electron chi connectivity index (χ4n) is 1.97. The molecule has 1 heterocycles. The molecule has 1 rings (SSSR count). The van der Waals surface area contributed by atoms with Crippen molar-refractivity contribution in [3.8, 4) is 0 Å². The molecule has 1 aliphatic rings. The summed E-state index contributed by atoms with van der Waals surface area (Å²) in [6, 6.07) is 0. The minimum atomic E-state index is 0.579. The van der Waals surface area contributed by atoms with E-state index in [-0.39, 0.29) is 0 Å². The van der Waals surface area contributed by atoms with Crippen molar-refractivity contribution in [1.82, 2.24) is 9.80 Å². The van der Waals surface area contributed by atoms with Crippen LogP contribution in [-0.4, -0.2) is 56.6 Å². The molecule has 1 aliphatic heterocycles. The van der Waals surface area contributed by atoms with Crippen LogP contribution in [0.25, 0.3) is 10.4 Å². The molecule has 80 valence electrons. The second-order valence-corrected chi connectivity index (χ2v) is 4.13. The van der Waals surface area contributed by atoms with Crippen molar-refractivity contribution >= 4 is 0 Å². The van der Waals surface area contributed by atoms with Gasteiger partial charge in [0.25, 0.3) is 0 Å². The number of hydrogen-bond acceptors (Lipinski definition) is 3. The summed E-state index contributed by atoms with van der Waals surface area (Å²) in [5.74, 6) is 0.788. The van der Waals surface area contributed by atoms with Crippen LogP contribution in [0, 0.1) is 5.92 Å². The molecule has 0 aromatic heterocycles. The molecule has 0 radical (unpaired) electrons. The maximum absolute atomic E-state index is 8.13. The summed E-state index contributed by atoms with van der Waals surface area (Å²) in [5, 5.41) is 3.53. The molecule has 1 fully saturated rings. The molecular formula is C9H19N5. The fourth-order valence-corrected chi connectivity index (χ4v) is 1.97. The van der Waals surface area contributed by atoms with Gasteiger partial charge in [0.1, 0.15) is 0 Å². The first kappa shape index (κ1) is 11.3. The highest BCUT2D eigenvalue weighted by Gasteiger charge is 2.20. The van der Waals surface area contributed by atoms with Gasteiger partial charge in [-0.05, 0) is 38.5 Å². The molecule has 0 aromatic carbocycles. The van der Waals surface area contributed by atoms with Crippen LogP contribution in [-0.2, 0) is 0 Å². The third-order valence-corrected chi connectivity index (χ3v) is 2.70. The van der Waals surface area contributed by atoms with Crippen molar-refractivity contribution in [3.05, 3.63) is 10.4 Å². The van der Waals surface area contributed by atoms with Gasteiger partial charge in [0.2, 0.25) is 0 Å². The lowest BCUT2D eigenvalue weighted by Crippen LogP contribution is -2.29. The van der Waals surface area contributed by atoms with Gasteiger partial charge in [-0.1, -0.05) is 5.11 Å². The lowest BCUT2D eigenvalue weighted by atomic mass is 10.1. The van der Waals surface area contributed by atoms with Gasteiger partial charge in [-0.25, -0.2) is 0 Å². The number of azide groups is 1. The Hall–Kier alpha value is -0.770. The molecule has 14 heavy (non-hydrogen) atoms. The first-order valence-electron chi connectivity index (χ1n) is 5.10. The highest BCUT2D eigenvalue weighted by atomic mass is 15.2. The summed E-state index contributed by atoms with van der Waals surface area (Å²) in [6.45, 7) is 4.98. The van der Waals surface area contributed by atoms with Crippen LogP contribution in [0.1, 0.15) is 6.42 Å². The van der Waals surface area contributed by atoms with E-state index in [1.165, 1.54) is 19.5 Å². The Morgan fingerprint density at radius 2 is 2.43 bits per heavy atom. The minimum Gasteiger partial charge on any atom is -0.306 e. The first-order chi connectivity index (χ1) is 6.72. The van der Waals surface area contributed by atoms with Crippen LogP contribution in [0.4, 0.5) is 0 Å². The fraction of sp³-hybridized carbons (Fsp3) is 1.00. The van der Waals surface area contributed by atoms with Gasteiger partial charge in [-0.15, -0.1) is 0 Å². The van der Waals surface area contributed by atoms with E-state index in [4.69, 9.17) is 5.53 Å². The molecule has 0 aliphatic carbocycles. The molecular weight excluding hydrogens is 178 g/mol. The molecule has 1 unspecified atom stereocenters. The van der Waals surface area contributed by atoms with Gasteiger partial charge < -0.3 is 9.80 Å². The number of likely N-dealkylation sites (N-methyl/N-ethyl adjacent to an activating group) is 1.